The van der Waals surface area contributed by atoms with Crippen molar-refractivity contribution in [3.63, 3.8) is 0 Å². The average molecular weight is 342 g/mol. The topological polar surface area (TPSA) is 70.7 Å². The van der Waals surface area contributed by atoms with Gasteiger partial charge < -0.3 is 5.32 Å². The van der Waals surface area contributed by atoms with E-state index in [0.717, 1.165) is 5.56 Å². The summed E-state index contributed by atoms with van der Waals surface area (Å²) in [4.78, 5) is 16.6. The quantitative estimate of drug-likeness (QED) is 0.692. The van der Waals surface area contributed by atoms with Crippen LogP contribution in [0.25, 0.3) is 0 Å². The molecule has 0 bridgehead atoms. The van der Waals surface area contributed by atoms with Gasteiger partial charge in [0.15, 0.2) is 5.16 Å². The van der Waals surface area contributed by atoms with Crippen LogP contribution in [0.5, 0.6) is 0 Å². The molecule has 3 rings (SSSR count). The van der Waals surface area contributed by atoms with Crippen molar-refractivity contribution in [2.24, 2.45) is 0 Å². The standard InChI is InChI=1S/C17H15FN4OS/c1-11-8-13(6-7-15(11)18)21-16(23)14-5-3-2-4-12(14)9-24-17-19-10-20-22-17/h2-8,10H,9H2,1H3,(H,21,23)(H,19,20,22). The van der Waals surface area contributed by atoms with Gasteiger partial charge in [-0.1, -0.05) is 30.0 Å². The number of anilines is 1. The molecular weight excluding hydrogens is 327 g/mol. The van der Waals surface area contributed by atoms with Gasteiger partial charge in [0.2, 0.25) is 0 Å². The van der Waals surface area contributed by atoms with E-state index in [1.165, 1.54) is 24.2 Å². The number of aromatic amines is 1. The second kappa shape index (κ2) is 7.27. The lowest BCUT2D eigenvalue weighted by Gasteiger charge is -2.10. The summed E-state index contributed by atoms with van der Waals surface area (Å²) in [5, 5.41) is 10.1. The molecule has 24 heavy (non-hydrogen) atoms. The van der Waals surface area contributed by atoms with Crippen molar-refractivity contribution < 1.29 is 9.18 Å². The summed E-state index contributed by atoms with van der Waals surface area (Å²) in [7, 11) is 0. The van der Waals surface area contributed by atoms with Gasteiger partial charge in [0.05, 0.1) is 0 Å². The van der Waals surface area contributed by atoms with Gasteiger partial charge in [0.25, 0.3) is 5.91 Å². The molecule has 2 aromatic carbocycles. The highest BCUT2D eigenvalue weighted by Crippen LogP contribution is 2.22. The number of H-pyrrole nitrogens is 1. The van der Waals surface area contributed by atoms with E-state index >= 15 is 0 Å². The van der Waals surface area contributed by atoms with Crippen LogP contribution in [-0.2, 0) is 5.75 Å². The number of thioether (sulfide) groups is 1. The van der Waals surface area contributed by atoms with E-state index in [1.54, 1.807) is 25.1 Å². The number of hydrogen-bond acceptors (Lipinski definition) is 4. The Morgan fingerprint density at radius 3 is 2.88 bits per heavy atom. The summed E-state index contributed by atoms with van der Waals surface area (Å²) in [5.41, 5.74) is 2.51. The first-order chi connectivity index (χ1) is 11.6. The summed E-state index contributed by atoms with van der Waals surface area (Å²) >= 11 is 1.46. The molecule has 7 heteroatoms. The van der Waals surface area contributed by atoms with Crippen LogP contribution in [0.4, 0.5) is 10.1 Å². The normalized spacial score (nSPS) is 10.6. The van der Waals surface area contributed by atoms with E-state index in [2.05, 4.69) is 20.5 Å². The fourth-order valence-corrected chi connectivity index (χ4v) is 2.98. The van der Waals surface area contributed by atoms with Crippen LogP contribution in [-0.4, -0.2) is 21.1 Å². The lowest BCUT2D eigenvalue weighted by atomic mass is 10.1. The lowest BCUT2D eigenvalue weighted by Crippen LogP contribution is -2.14. The number of amides is 1. The van der Waals surface area contributed by atoms with Crippen LogP contribution in [0.3, 0.4) is 0 Å². The monoisotopic (exact) mass is 342 g/mol. The Bertz CT molecular complexity index is 852. The van der Waals surface area contributed by atoms with E-state index in [4.69, 9.17) is 0 Å². The molecule has 0 fully saturated rings. The summed E-state index contributed by atoms with van der Waals surface area (Å²) in [6.07, 6.45) is 1.44. The molecule has 122 valence electrons. The van der Waals surface area contributed by atoms with Crippen LogP contribution < -0.4 is 5.32 Å². The molecule has 1 aromatic heterocycles. The molecule has 1 heterocycles. The lowest BCUT2D eigenvalue weighted by molar-refractivity contribution is 0.102. The third-order valence-electron chi connectivity index (χ3n) is 3.44. The van der Waals surface area contributed by atoms with Crippen LogP contribution in [0.15, 0.2) is 53.9 Å². The van der Waals surface area contributed by atoms with E-state index in [-0.39, 0.29) is 11.7 Å². The van der Waals surface area contributed by atoms with E-state index in [9.17, 15) is 9.18 Å². The molecule has 0 saturated heterocycles. The number of aromatic nitrogens is 3. The fourth-order valence-electron chi connectivity index (χ4n) is 2.20. The Morgan fingerprint density at radius 1 is 1.29 bits per heavy atom. The Labute approximate surface area is 142 Å². The van der Waals surface area contributed by atoms with Gasteiger partial charge in [-0.2, -0.15) is 5.10 Å². The molecule has 0 radical (unpaired) electrons. The molecule has 5 nitrogen and oxygen atoms in total. The third-order valence-corrected chi connectivity index (χ3v) is 4.36. The summed E-state index contributed by atoms with van der Waals surface area (Å²) in [6.45, 7) is 1.66. The summed E-state index contributed by atoms with van der Waals surface area (Å²) < 4.78 is 13.3. The number of aryl methyl sites for hydroxylation is 1. The predicted octanol–water partition coefficient (Wildman–Crippen LogP) is 3.80. The fraction of sp³-hybridized carbons (Fsp3) is 0.118. The maximum Gasteiger partial charge on any atom is 0.255 e. The average Bonchev–Trinajstić information content (AvgIpc) is 3.10. The number of benzene rings is 2. The zero-order valence-corrected chi connectivity index (χ0v) is 13.7. The number of halogens is 1. The second-order valence-electron chi connectivity index (χ2n) is 5.15. The minimum absolute atomic E-state index is 0.227. The highest BCUT2D eigenvalue weighted by atomic mass is 32.2. The molecule has 3 aromatic rings. The van der Waals surface area contributed by atoms with E-state index < -0.39 is 0 Å². The van der Waals surface area contributed by atoms with Crippen molar-refractivity contribution in [3.05, 3.63) is 71.3 Å². The molecular formula is C17H15FN4OS. The molecule has 0 spiro atoms. The molecule has 0 aliphatic carbocycles. The summed E-state index contributed by atoms with van der Waals surface area (Å²) in [5.74, 6) is 0.0629. The molecule has 0 saturated carbocycles. The first-order valence-corrected chi connectivity index (χ1v) is 8.25. The first kappa shape index (κ1) is 16.2. The molecule has 0 aliphatic heterocycles. The number of nitrogens with zero attached hydrogens (tertiary/aromatic N) is 2. The maximum absolute atomic E-state index is 13.3. The largest absolute Gasteiger partial charge is 0.322 e. The van der Waals surface area contributed by atoms with Crippen molar-refractivity contribution in [1.82, 2.24) is 15.2 Å². The third kappa shape index (κ3) is 3.80. The van der Waals surface area contributed by atoms with Gasteiger partial charge >= 0.3 is 0 Å². The Balaban J connectivity index is 1.75. The minimum atomic E-state index is -0.295. The zero-order valence-electron chi connectivity index (χ0n) is 12.9. The summed E-state index contributed by atoms with van der Waals surface area (Å²) in [6, 6.07) is 11.9. The minimum Gasteiger partial charge on any atom is -0.322 e. The molecule has 1 amide bonds. The van der Waals surface area contributed by atoms with Crippen molar-refractivity contribution in [2.45, 2.75) is 17.8 Å². The smallest absolute Gasteiger partial charge is 0.255 e. The van der Waals surface area contributed by atoms with Crippen LogP contribution in [0, 0.1) is 12.7 Å². The highest BCUT2D eigenvalue weighted by molar-refractivity contribution is 7.98. The number of carbonyl (C=O) groups is 1. The maximum atomic E-state index is 13.3. The zero-order chi connectivity index (χ0) is 16.9. The van der Waals surface area contributed by atoms with Gasteiger partial charge in [0.1, 0.15) is 12.1 Å². The Hall–Kier alpha value is -2.67. The van der Waals surface area contributed by atoms with Gasteiger partial charge in [0, 0.05) is 17.0 Å². The predicted molar refractivity (Wildman–Crippen MR) is 91.5 cm³/mol. The van der Waals surface area contributed by atoms with Crippen molar-refractivity contribution in [3.8, 4) is 0 Å². The number of nitrogens with one attached hydrogen (secondary N) is 2. The SMILES string of the molecule is Cc1cc(NC(=O)c2ccccc2CSc2ncn[nH]2)ccc1F. The number of hydrogen-bond donors (Lipinski definition) is 2. The van der Waals surface area contributed by atoms with Gasteiger partial charge in [-0.15, -0.1) is 0 Å². The van der Waals surface area contributed by atoms with Crippen molar-refractivity contribution in [2.75, 3.05) is 5.32 Å². The van der Waals surface area contributed by atoms with Crippen molar-refractivity contribution in [1.29, 1.82) is 0 Å². The number of carbonyl (C=O) groups excluding carboxylic acids is 1. The Morgan fingerprint density at radius 2 is 2.12 bits per heavy atom. The number of rotatable bonds is 5. The van der Waals surface area contributed by atoms with Crippen LogP contribution in [0.2, 0.25) is 0 Å². The molecule has 0 atom stereocenters. The van der Waals surface area contributed by atoms with E-state index in [0.29, 0.717) is 27.7 Å². The molecule has 2 N–H and O–H groups in total. The van der Waals surface area contributed by atoms with Crippen LogP contribution >= 0.6 is 11.8 Å². The van der Waals surface area contributed by atoms with Gasteiger partial charge in [-0.3, -0.25) is 9.89 Å². The second-order valence-corrected chi connectivity index (χ2v) is 6.12. The molecule has 0 unspecified atom stereocenters. The molecule has 0 aliphatic rings. The van der Waals surface area contributed by atoms with Gasteiger partial charge in [-0.25, -0.2) is 9.37 Å². The van der Waals surface area contributed by atoms with E-state index in [1.807, 2.05) is 18.2 Å². The van der Waals surface area contributed by atoms with Crippen LogP contribution in [0.1, 0.15) is 21.5 Å². The first-order valence-electron chi connectivity index (χ1n) is 7.27. The van der Waals surface area contributed by atoms with Gasteiger partial charge in [-0.05, 0) is 42.3 Å². The van der Waals surface area contributed by atoms with Crippen molar-refractivity contribution >= 4 is 23.4 Å². The highest BCUT2D eigenvalue weighted by Gasteiger charge is 2.12. The Kier molecular flexibility index (Phi) is 4.90.